The van der Waals surface area contributed by atoms with E-state index in [4.69, 9.17) is 5.84 Å². The molecule has 1 aliphatic rings. The van der Waals surface area contributed by atoms with Gasteiger partial charge in [0.15, 0.2) is 0 Å². The molecule has 0 aromatic carbocycles. The summed E-state index contributed by atoms with van der Waals surface area (Å²) >= 11 is 0. The number of hydrogen-bond acceptors (Lipinski definition) is 2. The van der Waals surface area contributed by atoms with Crippen molar-refractivity contribution in [2.75, 3.05) is 6.54 Å². The zero-order valence-electron chi connectivity index (χ0n) is 4.89. The Kier molecular flexibility index (Phi) is 4.23. The van der Waals surface area contributed by atoms with Crippen LogP contribution in [0, 0.1) is 5.92 Å². The van der Waals surface area contributed by atoms with Crippen molar-refractivity contribution in [3.63, 3.8) is 0 Å². The Bertz CT molecular complexity index is 54.4. The molecule has 0 spiro atoms. The molecule has 1 aliphatic carbocycles. The summed E-state index contributed by atoms with van der Waals surface area (Å²) in [4.78, 5) is 0. The molecule has 1 rings (SSSR count). The van der Waals surface area contributed by atoms with Crippen LogP contribution >= 0.6 is 12.4 Å². The molecule has 0 aliphatic heterocycles. The normalized spacial score (nSPS) is 19.1. The lowest BCUT2D eigenvalue weighted by Gasteiger charge is -2.24. The molecule has 0 aromatic rings. The SMILES string of the molecule is Cl.NNCC1CCC1. The molecule has 0 heterocycles. The fourth-order valence-corrected chi connectivity index (χ4v) is 0.864. The van der Waals surface area contributed by atoms with Crippen molar-refractivity contribution >= 4 is 12.4 Å². The number of rotatable bonds is 2. The third-order valence-corrected chi connectivity index (χ3v) is 1.63. The number of hydrogen-bond donors (Lipinski definition) is 2. The van der Waals surface area contributed by atoms with Crippen LogP contribution in [0.2, 0.25) is 0 Å². The molecule has 3 N–H and O–H groups in total. The Morgan fingerprint density at radius 1 is 1.50 bits per heavy atom. The molecule has 0 radical (unpaired) electrons. The summed E-state index contributed by atoms with van der Waals surface area (Å²) in [7, 11) is 0. The Hall–Kier alpha value is 0.210. The highest BCUT2D eigenvalue weighted by atomic mass is 35.5. The summed E-state index contributed by atoms with van der Waals surface area (Å²) in [6, 6.07) is 0. The Balaban J connectivity index is 0.000000490. The number of nitrogens with two attached hydrogens (primary N) is 1. The molecule has 2 nitrogen and oxygen atoms in total. The van der Waals surface area contributed by atoms with Crippen molar-refractivity contribution in [3.05, 3.63) is 0 Å². The third-order valence-electron chi connectivity index (χ3n) is 1.63. The average molecular weight is 137 g/mol. The first kappa shape index (κ1) is 8.21. The van der Waals surface area contributed by atoms with E-state index in [2.05, 4.69) is 5.43 Å². The van der Waals surface area contributed by atoms with Gasteiger partial charge in [0.25, 0.3) is 0 Å². The zero-order chi connectivity index (χ0) is 5.11. The molecular formula is C5H13ClN2. The van der Waals surface area contributed by atoms with Gasteiger partial charge in [0, 0.05) is 6.54 Å². The van der Waals surface area contributed by atoms with E-state index in [-0.39, 0.29) is 12.4 Å². The first-order valence-electron chi connectivity index (χ1n) is 2.87. The van der Waals surface area contributed by atoms with Gasteiger partial charge in [0.05, 0.1) is 0 Å². The van der Waals surface area contributed by atoms with Gasteiger partial charge < -0.3 is 0 Å². The highest BCUT2D eigenvalue weighted by Gasteiger charge is 2.15. The zero-order valence-corrected chi connectivity index (χ0v) is 5.71. The Morgan fingerprint density at radius 3 is 2.25 bits per heavy atom. The van der Waals surface area contributed by atoms with Crippen molar-refractivity contribution in [3.8, 4) is 0 Å². The number of nitrogens with one attached hydrogen (secondary N) is 1. The maximum absolute atomic E-state index is 5.09. The molecule has 1 saturated carbocycles. The molecule has 0 saturated heterocycles. The summed E-state index contributed by atoms with van der Waals surface area (Å²) < 4.78 is 0. The Labute approximate surface area is 56.2 Å². The minimum atomic E-state index is 0. The summed E-state index contributed by atoms with van der Waals surface area (Å²) in [6.45, 7) is 1.01. The van der Waals surface area contributed by atoms with Gasteiger partial charge >= 0.3 is 0 Å². The van der Waals surface area contributed by atoms with Crippen LogP contribution in [0.4, 0.5) is 0 Å². The van der Waals surface area contributed by atoms with E-state index in [0.717, 1.165) is 12.5 Å². The fourth-order valence-electron chi connectivity index (χ4n) is 0.864. The van der Waals surface area contributed by atoms with Crippen molar-refractivity contribution in [1.29, 1.82) is 0 Å². The van der Waals surface area contributed by atoms with E-state index in [1.54, 1.807) is 0 Å². The predicted octanol–water partition coefficient (Wildman–Crippen LogP) is 0.672. The van der Waals surface area contributed by atoms with Crippen molar-refractivity contribution in [2.24, 2.45) is 11.8 Å². The van der Waals surface area contributed by atoms with E-state index in [1.165, 1.54) is 19.3 Å². The number of halogens is 1. The average Bonchev–Trinajstić information content (AvgIpc) is 1.55. The van der Waals surface area contributed by atoms with Crippen molar-refractivity contribution < 1.29 is 0 Å². The van der Waals surface area contributed by atoms with Crippen molar-refractivity contribution in [2.45, 2.75) is 19.3 Å². The first-order chi connectivity index (χ1) is 3.43. The van der Waals surface area contributed by atoms with E-state index in [1.807, 2.05) is 0 Å². The molecule has 1 fully saturated rings. The molecule has 0 atom stereocenters. The maximum atomic E-state index is 5.09. The second-order valence-corrected chi connectivity index (χ2v) is 2.21. The monoisotopic (exact) mass is 136 g/mol. The highest BCUT2D eigenvalue weighted by Crippen LogP contribution is 2.24. The van der Waals surface area contributed by atoms with Crippen LogP contribution in [0.25, 0.3) is 0 Å². The summed E-state index contributed by atoms with van der Waals surface area (Å²) in [5.74, 6) is 5.98. The minimum absolute atomic E-state index is 0. The molecule has 0 bridgehead atoms. The second kappa shape index (κ2) is 4.13. The lowest BCUT2D eigenvalue weighted by Crippen LogP contribution is -2.31. The van der Waals surface area contributed by atoms with Crippen LogP contribution in [-0.4, -0.2) is 6.54 Å². The van der Waals surface area contributed by atoms with Gasteiger partial charge in [0.1, 0.15) is 0 Å². The van der Waals surface area contributed by atoms with E-state index >= 15 is 0 Å². The predicted molar refractivity (Wildman–Crippen MR) is 36.8 cm³/mol. The van der Waals surface area contributed by atoms with Gasteiger partial charge in [-0.3, -0.25) is 11.3 Å². The quantitative estimate of drug-likeness (QED) is 0.433. The van der Waals surface area contributed by atoms with Gasteiger partial charge in [-0.15, -0.1) is 12.4 Å². The van der Waals surface area contributed by atoms with Gasteiger partial charge in [-0.05, 0) is 18.8 Å². The molecular weight excluding hydrogens is 124 g/mol. The molecule has 0 amide bonds. The van der Waals surface area contributed by atoms with Crippen LogP contribution in [0.3, 0.4) is 0 Å². The van der Waals surface area contributed by atoms with Gasteiger partial charge in [-0.25, -0.2) is 0 Å². The summed E-state index contributed by atoms with van der Waals surface area (Å²) in [5.41, 5.74) is 2.67. The first-order valence-corrected chi connectivity index (χ1v) is 2.87. The maximum Gasteiger partial charge on any atom is 0.0126 e. The smallest absolute Gasteiger partial charge is 0.0126 e. The van der Waals surface area contributed by atoms with Gasteiger partial charge in [-0.1, -0.05) is 6.42 Å². The summed E-state index contributed by atoms with van der Waals surface area (Å²) in [6.07, 6.45) is 4.17. The summed E-state index contributed by atoms with van der Waals surface area (Å²) in [5, 5.41) is 0. The largest absolute Gasteiger partial charge is 0.271 e. The van der Waals surface area contributed by atoms with E-state index < -0.39 is 0 Å². The lowest BCUT2D eigenvalue weighted by molar-refractivity contribution is 0.303. The molecule has 0 unspecified atom stereocenters. The highest BCUT2D eigenvalue weighted by molar-refractivity contribution is 5.85. The molecule has 3 heteroatoms. The number of hydrazine groups is 1. The molecule has 0 aromatic heterocycles. The van der Waals surface area contributed by atoms with Crippen molar-refractivity contribution in [1.82, 2.24) is 5.43 Å². The van der Waals surface area contributed by atoms with Crippen LogP contribution < -0.4 is 11.3 Å². The fraction of sp³-hybridized carbons (Fsp3) is 1.00. The topological polar surface area (TPSA) is 38.0 Å². The Morgan fingerprint density at radius 2 is 2.12 bits per heavy atom. The van der Waals surface area contributed by atoms with Crippen LogP contribution in [0.15, 0.2) is 0 Å². The van der Waals surface area contributed by atoms with Gasteiger partial charge in [-0.2, -0.15) is 0 Å². The van der Waals surface area contributed by atoms with Gasteiger partial charge in [0.2, 0.25) is 0 Å². The molecule has 50 valence electrons. The van der Waals surface area contributed by atoms with Crippen LogP contribution in [0.1, 0.15) is 19.3 Å². The second-order valence-electron chi connectivity index (χ2n) is 2.21. The molecule has 8 heavy (non-hydrogen) atoms. The van der Waals surface area contributed by atoms with Crippen LogP contribution in [-0.2, 0) is 0 Å². The lowest BCUT2D eigenvalue weighted by atomic mass is 9.86. The van der Waals surface area contributed by atoms with Crippen LogP contribution in [0.5, 0.6) is 0 Å². The third kappa shape index (κ3) is 1.99. The van der Waals surface area contributed by atoms with E-state index in [9.17, 15) is 0 Å². The minimum Gasteiger partial charge on any atom is -0.271 e. The van der Waals surface area contributed by atoms with E-state index in [0.29, 0.717) is 0 Å². The standard InChI is InChI=1S/C5H12N2.ClH/c6-7-4-5-2-1-3-5;/h5,7H,1-4,6H2;1H.